The quantitative estimate of drug-likeness (QED) is 0.910. The SMILES string of the molecule is Clc1ccccc1C1(c2cc3n(n2)CCCN3)CCC1. The van der Waals surface area contributed by atoms with Crippen LogP contribution in [0.15, 0.2) is 30.3 Å². The van der Waals surface area contributed by atoms with Crippen LogP contribution in [0.5, 0.6) is 0 Å². The summed E-state index contributed by atoms with van der Waals surface area (Å²) in [5, 5.41) is 9.16. The zero-order valence-corrected chi connectivity index (χ0v) is 12.2. The maximum Gasteiger partial charge on any atom is 0.124 e. The van der Waals surface area contributed by atoms with Gasteiger partial charge in [0.25, 0.3) is 0 Å². The second kappa shape index (κ2) is 4.52. The van der Waals surface area contributed by atoms with E-state index in [2.05, 4.69) is 28.2 Å². The van der Waals surface area contributed by atoms with E-state index in [-0.39, 0.29) is 5.41 Å². The van der Waals surface area contributed by atoms with Gasteiger partial charge in [-0.2, -0.15) is 5.10 Å². The van der Waals surface area contributed by atoms with Crippen LogP contribution in [-0.4, -0.2) is 16.3 Å². The summed E-state index contributed by atoms with van der Waals surface area (Å²) in [4.78, 5) is 0. The first kappa shape index (κ1) is 12.3. The van der Waals surface area contributed by atoms with E-state index in [9.17, 15) is 0 Å². The second-order valence-electron chi connectivity index (χ2n) is 5.83. The zero-order chi connectivity index (χ0) is 13.6. The molecule has 1 aromatic carbocycles. The van der Waals surface area contributed by atoms with Gasteiger partial charge in [0, 0.05) is 29.6 Å². The lowest BCUT2D eigenvalue weighted by atomic mass is 9.62. The Morgan fingerprint density at radius 1 is 1.20 bits per heavy atom. The molecule has 1 saturated carbocycles. The van der Waals surface area contributed by atoms with Crippen molar-refractivity contribution in [1.82, 2.24) is 9.78 Å². The first-order valence-corrected chi connectivity index (χ1v) is 7.75. The van der Waals surface area contributed by atoms with Crippen LogP contribution in [0.1, 0.15) is 36.9 Å². The average Bonchev–Trinajstić information content (AvgIpc) is 2.83. The third kappa shape index (κ3) is 1.69. The van der Waals surface area contributed by atoms with Crippen LogP contribution in [0.2, 0.25) is 5.02 Å². The van der Waals surface area contributed by atoms with E-state index in [0.29, 0.717) is 0 Å². The minimum Gasteiger partial charge on any atom is -0.370 e. The van der Waals surface area contributed by atoms with Crippen LogP contribution in [-0.2, 0) is 12.0 Å². The van der Waals surface area contributed by atoms with Crippen LogP contribution < -0.4 is 5.32 Å². The van der Waals surface area contributed by atoms with Crippen molar-refractivity contribution in [2.75, 3.05) is 11.9 Å². The van der Waals surface area contributed by atoms with Gasteiger partial charge in [-0.05, 0) is 30.9 Å². The van der Waals surface area contributed by atoms with Crippen molar-refractivity contribution in [2.24, 2.45) is 0 Å². The zero-order valence-electron chi connectivity index (χ0n) is 11.4. The van der Waals surface area contributed by atoms with Crippen LogP contribution in [0.25, 0.3) is 0 Å². The summed E-state index contributed by atoms with van der Waals surface area (Å²) in [5.74, 6) is 1.16. The number of nitrogens with zero attached hydrogens (tertiary/aromatic N) is 2. The summed E-state index contributed by atoms with van der Waals surface area (Å²) in [6.07, 6.45) is 4.69. The van der Waals surface area contributed by atoms with Crippen molar-refractivity contribution < 1.29 is 0 Å². The van der Waals surface area contributed by atoms with Gasteiger partial charge in [-0.3, -0.25) is 0 Å². The fourth-order valence-electron chi connectivity index (χ4n) is 3.45. The van der Waals surface area contributed by atoms with Gasteiger partial charge < -0.3 is 5.32 Å². The fourth-order valence-corrected chi connectivity index (χ4v) is 3.77. The number of anilines is 1. The molecule has 0 unspecified atom stereocenters. The Morgan fingerprint density at radius 3 is 2.75 bits per heavy atom. The lowest BCUT2D eigenvalue weighted by Crippen LogP contribution is -2.36. The molecule has 1 fully saturated rings. The third-order valence-electron chi connectivity index (χ3n) is 4.72. The van der Waals surface area contributed by atoms with Crippen molar-refractivity contribution >= 4 is 17.4 Å². The number of hydrogen-bond acceptors (Lipinski definition) is 2. The molecule has 0 spiro atoms. The Kier molecular flexibility index (Phi) is 2.77. The summed E-state index contributed by atoms with van der Waals surface area (Å²) in [7, 11) is 0. The fraction of sp³-hybridized carbons (Fsp3) is 0.438. The molecule has 20 heavy (non-hydrogen) atoms. The first-order valence-electron chi connectivity index (χ1n) is 7.37. The molecule has 0 bridgehead atoms. The molecule has 1 aliphatic carbocycles. The number of rotatable bonds is 2. The van der Waals surface area contributed by atoms with E-state index >= 15 is 0 Å². The highest BCUT2D eigenvalue weighted by atomic mass is 35.5. The predicted octanol–water partition coefficient (Wildman–Crippen LogP) is 3.82. The highest BCUT2D eigenvalue weighted by Crippen LogP contribution is 2.50. The van der Waals surface area contributed by atoms with E-state index in [0.717, 1.165) is 43.2 Å². The number of halogens is 1. The number of fused-ring (bicyclic) bond motifs is 1. The minimum absolute atomic E-state index is 0.0321. The lowest BCUT2D eigenvalue weighted by Gasteiger charge is -2.41. The predicted molar refractivity (Wildman–Crippen MR) is 81.4 cm³/mol. The highest BCUT2D eigenvalue weighted by Gasteiger charge is 2.44. The number of aromatic nitrogens is 2. The number of aryl methyl sites for hydroxylation is 1. The molecule has 0 saturated heterocycles. The summed E-state index contributed by atoms with van der Waals surface area (Å²) >= 11 is 6.45. The van der Waals surface area contributed by atoms with Crippen LogP contribution in [0.4, 0.5) is 5.82 Å². The van der Waals surface area contributed by atoms with E-state index in [1.807, 2.05) is 12.1 Å². The molecule has 4 rings (SSSR count). The molecule has 104 valence electrons. The van der Waals surface area contributed by atoms with Gasteiger partial charge >= 0.3 is 0 Å². The van der Waals surface area contributed by atoms with E-state index in [4.69, 9.17) is 16.7 Å². The number of hydrogen-bond donors (Lipinski definition) is 1. The van der Waals surface area contributed by atoms with Crippen LogP contribution in [0, 0.1) is 0 Å². The Morgan fingerprint density at radius 2 is 2.05 bits per heavy atom. The molecule has 0 amide bonds. The Labute approximate surface area is 123 Å². The van der Waals surface area contributed by atoms with Crippen molar-refractivity contribution in [2.45, 2.75) is 37.6 Å². The topological polar surface area (TPSA) is 29.9 Å². The largest absolute Gasteiger partial charge is 0.370 e. The maximum atomic E-state index is 6.45. The summed E-state index contributed by atoms with van der Waals surface area (Å²) in [6.45, 7) is 2.06. The molecule has 1 aromatic heterocycles. The first-order chi connectivity index (χ1) is 9.79. The Balaban J connectivity index is 1.82. The molecule has 2 aromatic rings. The molecular weight excluding hydrogens is 270 g/mol. The molecule has 4 heteroatoms. The van der Waals surface area contributed by atoms with Gasteiger partial charge in [0.05, 0.1) is 5.69 Å². The molecule has 0 radical (unpaired) electrons. The van der Waals surface area contributed by atoms with E-state index < -0.39 is 0 Å². The Hall–Kier alpha value is -1.48. The second-order valence-corrected chi connectivity index (χ2v) is 6.24. The van der Waals surface area contributed by atoms with Crippen LogP contribution in [0.3, 0.4) is 0 Å². The smallest absolute Gasteiger partial charge is 0.124 e. The van der Waals surface area contributed by atoms with Gasteiger partial charge in [-0.25, -0.2) is 4.68 Å². The van der Waals surface area contributed by atoms with E-state index in [1.54, 1.807) is 0 Å². The molecule has 0 atom stereocenters. The van der Waals surface area contributed by atoms with Gasteiger partial charge in [0.15, 0.2) is 0 Å². The minimum atomic E-state index is 0.0321. The summed E-state index contributed by atoms with van der Waals surface area (Å²) in [5.41, 5.74) is 2.45. The molecule has 2 aliphatic rings. The standard InChI is InChI=1S/C16H18ClN3/c17-13-6-2-1-5-12(13)16(7-3-8-16)14-11-15-18-9-4-10-20(15)19-14/h1-2,5-6,11,18H,3-4,7-10H2. The average molecular weight is 288 g/mol. The molecule has 1 aliphatic heterocycles. The molecule has 2 heterocycles. The number of nitrogens with one attached hydrogen (secondary N) is 1. The number of benzene rings is 1. The van der Waals surface area contributed by atoms with Crippen molar-refractivity contribution in [3.63, 3.8) is 0 Å². The maximum absolute atomic E-state index is 6.45. The van der Waals surface area contributed by atoms with Crippen molar-refractivity contribution in [1.29, 1.82) is 0 Å². The van der Waals surface area contributed by atoms with Crippen LogP contribution >= 0.6 is 11.6 Å². The van der Waals surface area contributed by atoms with Gasteiger partial charge in [-0.1, -0.05) is 36.2 Å². The van der Waals surface area contributed by atoms with Gasteiger partial charge in [0.1, 0.15) is 5.82 Å². The van der Waals surface area contributed by atoms with Gasteiger partial charge in [-0.15, -0.1) is 0 Å². The third-order valence-corrected chi connectivity index (χ3v) is 5.05. The summed E-state index contributed by atoms with van der Waals surface area (Å²) < 4.78 is 2.11. The molecule has 3 nitrogen and oxygen atoms in total. The highest BCUT2D eigenvalue weighted by molar-refractivity contribution is 6.31. The van der Waals surface area contributed by atoms with Crippen molar-refractivity contribution in [3.8, 4) is 0 Å². The van der Waals surface area contributed by atoms with Gasteiger partial charge in [0.2, 0.25) is 0 Å². The Bertz CT molecular complexity index is 619. The molecular formula is C16H18ClN3. The summed E-state index contributed by atoms with van der Waals surface area (Å²) in [6, 6.07) is 10.5. The van der Waals surface area contributed by atoms with E-state index in [1.165, 1.54) is 17.7 Å². The van der Waals surface area contributed by atoms with Crippen molar-refractivity contribution in [3.05, 3.63) is 46.6 Å². The molecule has 1 N–H and O–H groups in total. The lowest BCUT2D eigenvalue weighted by molar-refractivity contribution is 0.291. The normalized spacial score (nSPS) is 19.9. The monoisotopic (exact) mass is 287 g/mol.